The standard InChI is InChI=1S/C11H18O2/c1-6-7-10(8(2)3)11(12)13-9(4)5/h8-10H,1-5H3. The predicted molar refractivity (Wildman–Crippen MR) is 53.0 cm³/mol. The molecule has 1 atom stereocenters. The molecule has 0 fully saturated rings. The van der Waals surface area contributed by atoms with Crippen molar-refractivity contribution < 1.29 is 9.53 Å². The van der Waals surface area contributed by atoms with Gasteiger partial charge in [0.1, 0.15) is 5.92 Å². The van der Waals surface area contributed by atoms with E-state index in [1.54, 1.807) is 6.92 Å². The number of hydrogen-bond donors (Lipinski definition) is 0. The Hall–Kier alpha value is -0.970. The third-order valence-corrected chi connectivity index (χ3v) is 1.57. The first kappa shape index (κ1) is 12.0. The summed E-state index contributed by atoms with van der Waals surface area (Å²) < 4.78 is 5.08. The van der Waals surface area contributed by atoms with Gasteiger partial charge in [0.25, 0.3) is 0 Å². The largest absolute Gasteiger partial charge is 0.462 e. The molecule has 0 rings (SSSR count). The van der Waals surface area contributed by atoms with Crippen LogP contribution in [0.25, 0.3) is 0 Å². The summed E-state index contributed by atoms with van der Waals surface area (Å²) in [4.78, 5) is 11.5. The van der Waals surface area contributed by atoms with Crippen LogP contribution in [0.5, 0.6) is 0 Å². The van der Waals surface area contributed by atoms with Gasteiger partial charge in [0.15, 0.2) is 0 Å². The van der Waals surface area contributed by atoms with E-state index in [0.717, 1.165) is 0 Å². The van der Waals surface area contributed by atoms with Crippen molar-refractivity contribution in [2.45, 2.75) is 40.7 Å². The molecule has 0 aromatic rings. The third-order valence-electron chi connectivity index (χ3n) is 1.57. The molecular weight excluding hydrogens is 164 g/mol. The van der Waals surface area contributed by atoms with Crippen LogP contribution in [0.15, 0.2) is 0 Å². The highest BCUT2D eigenvalue weighted by atomic mass is 16.5. The van der Waals surface area contributed by atoms with Crippen molar-refractivity contribution in [3.63, 3.8) is 0 Å². The van der Waals surface area contributed by atoms with E-state index in [4.69, 9.17) is 4.74 Å². The van der Waals surface area contributed by atoms with Crippen LogP contribution < -0.4 is 0 Å². The second kappa shape index (κ2) is 5.64. The molecule has 0 aromatic carbocycles. The third kappa shape index (κ3) is 4.57. The lowest BCUT2D eigenvalue weighted by atomic mass is 9.97. The van der Waals surface area contributed by atoms with Gasteiger partial charge in [-0.3, -0.25) is 4.79 Å². The minimum atomic E-state index is -0.285. The van der Waals surface area contributed by atoms with E-state index >= 15 is 0 Å². The number of carbonyl (C=O) groups is 1. The summed E-state index contributed by atoms with van der Waals surface area (Å²) >= 11 is 0. The zero-order valence-corrected chi connectivity index (χ0v) is 9.05. The van der Waals surface area contributed by atoms with Crippen LogP contribution in [0.2, 0.25) is 0 Å². The molecule has 0 saturated heterocycles. The van der Waals surface area contributed by atoms with Crippen molar-refractivity contribution in [2.24, 2.45) is 11.8 Å². The molecule has 0 aliphatic heterocycles. The molecule has 0 saturated carbocycles. The summed E-state index contributed by atoms with van der Waals surface area (Å²) in [5.41, 5.74) is 0. The molecule has 0 spiro atoms. The van der Waals surface area contributed by atoms with E-state index < -0.39 is 0 Å². The molecule has 0 amide bonds. The van der Waals surface area contributed by atoms with Crippen LogP contribution in [-0.4, -0.2) is 12.1 Å². The lowest BCUT2D eigenvalue weighted by Crippen LogP contribution is -2.24. The highest BCUT2D eigenvalue weighted by molar-refractivity contribution is 5.76. The summed E-state index contributed by atoms with van der Waals surface area (Å²) in [5, 5.41) is 0. The molecule has 74 valence electrons. The summed E-state index contributed by atoms with van der Waals surface area (Å²) in [7, 11) is 0. The fraction of sp³-hybridized carbons (Fsp3) is 0.727. The average Bonchev–Trinajstić information content (AvgIpc) is 1.97. The van der Waals surface area contributed by atoms with Crippen LogP contribution >= 0.6 is 0 Å². The Bertz CT molecular complexity index is 218. The van der Waals surface area contributed by atoms with Crippen molar-refractivity contribution in [3.8, 4) is 11.8 Å². The van der Waals surface area contributed by atoms with Gasteiger partial charge in [0, 0.05) is 0 Å². The van der Waals surface area contributed by atoms with Crippen LogP contribution in [-0.2, 0) is 9.53 Å². The summed E-state index contributed by atoms with van der Waals surface area (Å²) in [6, 6.07) is 0. The van der Waals surface area contributed by atoms with Crippen molar-refractivity contribution in [1.29, 1.82) is 0 Å². The Morgan fingerprint density at radius 2 is 1.77 bits per heavy atom. The van der Waals surface area contributed by atoms with Crippen molar-refractivity contribution in [3.05, 3.63) is 0 Å². The smallest absolute Gasteiger partial charge is 0.321 e. The fourth-order valence-corrected chi connectivity index (χ4v) is 0.959. The number of hydrogen-bond acceptors (Lipinski definition) is 2. The fourth-order valence-electron chi connectivity index (χ4n) is 0.959. The summed E-state index contributed by atoms with van der Waals surface area (Å²) in [6.45, 7) is 9.36. The monoisotopic (exact) mass is 182 g/mol. The van der Waals surface area contributed by atoms with E-state index in [-0.39, 0.29) is 23.9 Å². The molecule has 0 aliphatic carbocycles. The number of ether oxygens (including phenoxy) is 1. The molecule has 0 heterocycles. The highest BCUT2D eigenvalue weighted by Crippen LogP contribution is 2.12. The van der Waals surface area contributed by atoms with Gasteiger partial charge in [0.2, 0.25) is 0 Å². The maximum atomic E-state index is 11.5. The first-order valence-electron chi connectivity index (χ1n) is 4.61. The summed E-state index contributed by atoms with van der Waals surface area (Å²) in [6.07, 6.45) is -0.0626. The van der Waals surface area contributed by atoms with Gasteiger partial charge < -0.3 is 4.74 Å². The zero-order chi connectivity index (χ0) is 10.4. The molecule has 0 N–H and O–H groups in total. The lowest BCUT2D eigenvalue weighted by Gasteiger charge is -2.15. The molecule has 13 heavy (non-hydrogen) atoms. The molecule has 1 unspecified atom stereocenters. The molecule has 0 radical (unpaired) electrons. The SMILES string of the molecule is CC#CC(C(=O)OC(C)C)C(C)C. The van der Waals surface area contributed by atoms with Gasteiger partial charge in [-0.05, 0) is 26.7 Å². The van der Waals surface area contributed by atoms with Gasteiger partial charge in [-0.1, -0.05) is 19.8 Å². The molecule has 0 aliphatic rings. The Morgan fingerprint density at radius 1 is 1.23 bits per heavy atom. The first-order valence-corrected chi connectivity index (χ1v) is 4.61. The van der Waals surface area contributed by atoms with Crippen molar-refractivity contribution in [2.75, 3.05) is 0 Å². The van der Waals surface area contributed by atoms with E-state index in [0.29, 0.717) is 0 Å². The predicted octanol–water partition coefficient (Wildman–Crippen LogP) is 2.23. The van der Waals surface area contributed by atoms with Gasteiger partial charge in [-0.2, -0.15) is 0 Å². The number of rotatable bonds is 3. The Morgan fingerprint density at radius 3 is 2.08 bits per heavy atom. The van der Waals surface area contributed by atoms with Gasteiger partial charge >= 0.3 is 5.97 Å². The minimum absolute atomic E-state index is 0.0626. The minimum Gasteiger partial charge on any atom is -0.462 e. The van der Waals surface area contributed by atoms with E-state index in [2.05, 4.69) is 11.8 Å². The van der Waals surface area contributed by atoms with Gasteiger partial charge in [-0.25, -0.2) is 0 Å². The summed E-state index contributed by atoms with van der Waals surface area (Å²) in [5.74, 6) is 5.33. The molecule has 0 aromatic heterocycles. The highest BCUT2D eigenvalue weighted by Gasteiger charge is 2.21. The first-order chi connectivity index (χ1) is 5.99. The van der Waals surface area contributed by atoms with Crippen molar-refractivity contribution >= 4 is 5.97 Å². The Kier molecular flexibility index (Phi) is 5.22. The molecular formula is C11H18O2. The zero-order valence-electron chi connectivity index (χ0n) is 9.05. The number of carbonyl (C=O) groups excluding carboxylic acids is 1. The van der Waals surface area contributed by atoms with Crippen molar-refractivity contribution in [1.82, 2.24) is 0 Å². The quantitative estimate of drug-likeness (QED) is 0.494. The van der Waals surface area contributed by atoms with E-state index in [9.17, 15) is 4.79 Å². The van der Waals surface area contributed by atoms with Crippen LogP contribution in [0.3, 0.4) is 0 Å². The van der Waals surface area contributed by atoms with Crippen LogP contribution in [0.4, 0.5) is 0 Å². The average molecular weight is 182 g/mol. The molecule has 2 heteroatoms. The van der Waals surface area contributed by atoms with Crippen LogP contribution in [0.1, 0.15) is 34.6 Å². The second-order valence-corrected chi connectivity index (χ2v) is 3.60. The Balaban J connectivity index is 4.35. The number of esters is 1. The Labute approximate surface area is 80.7 Å². The van der Waals surface area contributed by atoms with Crippen LogP contribution in [0, 0.1) is 23.7 Å². The van der Waals surface area contributed by atoms with E-state index in [1.807, 2.05) is 27.7 Å². The molecule has 0 bridgehead atoms. The second-order valence-electron chi connectivity index (χ2n) is 3.60. The van der Waals surface area contributed by atoms with Gasteiger partial charge in [-0.15, -0.1) is 5.92 Å². The topological polar surface area (TPSA) is 26.3 Å². The normalized spacial score (nSPS) is 12.2. The van der Waals surface area contributed by atoms with E-state index in [1.165, 1.54) is 0 Å². The van der Waals surface area contributed by atoms with Gasteiger partial charge in [0.05, 0.1) is 6.10 Å². The maximum Gasteiger partial charge on any atom is 0.321 e. The lowest BCUT2D eigenvalue weighted by molar-refractivity contribution is -0.151. The molecule has 2 nitrogen and oxygen atoms in total. The maximum absolute atomic E-state index is 11.5.